The molecule has 1 fully saturated rings. The molecule has 3 N–H and O–H groups in total. The summed E-state index contributed by atoms with van der Waals surface area (Å²) in [5.41, 5.74) is -0.227. The lowest BCUT2D eigenvalue weighted by molar-refractivity contribution is -0.00752. The molecule has 0 unspecified atom stereocenters. The van der Waals surface area contributed by atoms with Gasteiger partial charge < -0.3 is 15.3 Å². The predicted octanol–water partition coefficient (Wildman–Crippen LogP) is 3.04. The van der Waals surface area contributed by atoms with E-state index in [2.05, 4.69) is 16.4 Å². The fraction of sp³-hybridized carbons (Fsp3) is 0.417. The molecule has 8 heteroatoms. The summed E-state index contributed by atoms with van der Waals surface area (Å²) in [4.78, 5) is 18.0. The number of nitrogens with zero attached hydrogens (tertiary/aromatic N) is 3. The highest BCUT2D eigenvalue weighted by atomic mass is 19.1. The van der Waals surface area contributed by atoms with Crippen LogP contribution < -0.4 is 5.32 Å². The molecular weight excluding hydrogens is 409 g/mol. The molecule has 32 heavy (non-hydrogen) atoms. The van der Waals surface area contributed by atoms with Crippen LogP contribution in [0.3, 0.4) is 0 Å². The summed E-state index contributed by atoms with van der Waals surface area (Å²) in [5, 5.41) is 31.4. The van der Waals surface area contributed by atoms with Crippen LogP contribution >= 0.6 is 0 Å². The number of hydrogen-bond acceptors (Lipinski definition) is 5. The Labute approximate surface area is 187 Å². The number of nitriles is 1. The van der Waals surface area contributed by atoms with Gasteiger partial charge in [-0.25, -0.2) is 4.39 Å². The van der Waals surface area contributed by atoms with Gasteiger partial charge in [0, 0.05) is 37.7 Å². The van der Waals surface area contributed by atoms with Crippen molar-refractivity contribution in [2.45, 2.75) is 50.7 Å². The summed E-state index contributed by atoms with van der Waals surface area (Å²) in [6.07, 6.45) is 4.09. The lowest BCUT2D eigenvalue weighted by Gasteiger charge is -2.40. The summed E-state index contributed by atoms with van der Waals surface area (Å²) in [7, 11) is 0. The van der Waals surface area contributed by atoms with Crippen LogP contribution in [0.4, 0.5) is 4.39 Å². The first kappa shape index (κ1) is 23.4. The second-order valence-corrected chi connectivity index (χ2v) is 9.02. The standard InChI is InChI=1S/C24H28FN5O2/c1-23(2,29-22(31)19-6-9-28-16-20(19)25)14-21(27)30-10-7-24(32,8-11-30)13-17-4-3-5-18(12-17)15-26/h3-6,9,12,16,27,32H,7-8,10-11,13-14H2,1-2H3,(H,29,31). The molecule has 0 spiro atoms. The lowest BCUT2D eigenvalue weighted by Crippen LogP contribution is -2.51. The van der Waals surface area contributed by atoms with Gasteiger partial charge in [-0.1, -0.05) is 12.1 Å². The first-order chi connectivity index (χ1) is 15.1. The van der Waals surface area contributed by atoms with Crippen LogP contribution in [0.2, 0.25) is 0 Å². The molecule has 7 nitrogen and oxygen atoms in total. The molecule has 1 aromatic carbocycles. The molecule has 0 radical (unpaired) electrons. The normalized spacial score (nSPS) is 15.7. The van der Waals surface area contributed by atoms with Gasteiger partial charge in [-0.15, -0.1) is 0 Å². The maximum Gasteiger partial charge on any atom is 0.254 e. The van der Waals surface area contributed by atoms with Crippen LogP contribution in [-0.4, -0.2) is 51.0 Å². The highest BCUT2D eigenvalue weighted by Crippen LogP contribution is 2.28. The molecule has 3 rings (SSSR count). The van der Waals surface area contributed by atoms with E-state index < -0.39 is 22.9 Å². The third-order valence-corrected chi connectivity index (χ3v) is 5.74. The van der Waals surface area contributed by atoms with Crippen molar-refractivity contribution < 1.29 is 14.3 Å². The number of benzene rings is 1. The Balaban J connectivity index is 1.54. The summed E-state index contributed by atoms with van der Waals surface area (Å²) in [6.45, 7) is 4.63. The van der Waals surface area contributed by atoms with Crippen molar-refractivity contribution in [3.63, 3.8) is 0 Å². The van der Waals surface area contributed by atoms with E-state index in [1.54, 1.807) is 26.0 Å². The summed E-state index contributed by atoms with van der Waals surface area (Å²) < 4.78 is 13.8. The minimum absolute atomic E-state index is 0.0805. The minimum atomic E-state index is -0.881. The van der Waals surface area contributed by atoms with Gasteiger partial charge in [0.05, 0.1) is 34.8 Å². The molecular formula is C24H28FN5O2. The molecule has 1 aliphatic rings. The summed E-state index contributed by atoms with van der Waals surface area (Å²) in [5.74, 6) is -0.874. The lowest BCUT2D eigenvalue weighted by atomic mass is 9.84. The number of hydrogen-bond donors (Lipinski definition) is 3. The van der Waals surface area contributed by atoms with Gasteiger partial charge >= 0.3 is 0 Å². The molecule has 1 aliphatic heterocycles. The number of rotatable bonds is 6. The molecule has 0 atom stereocenters. The van der Waals surface area contributed by atoms with E-state index in [1.165, 1.54) is 12.3 Å². The maximum absolute atomic E-state index is 13.8. The number of likely N-dealkylation sites (tertiary alicyclic amines) is 1. The minimum Gasteiger partial charge on any atom is -0.389 e. The van der Waals surface area contributed by atoms with E-state index in [1.807, 2.05) is 17.0 Å². The molecule has 0 bridgehead atoms. The zero-order valence-electron chi connectivity index (χ0n) is 18.4. The summed E-state index contributed by atoms with van der Waals surface area (Å²) >= 11 is 0. The molecule has 2 aromatic rings. The van der Waals surface area contributed by atoms with Crippen molar-refractivity contribution in [3.05, 3.63) is 65.2 Å². The van der Waals surface area contributed by atoms with Gasteiger partial charge in [0.1, 0.15) is 0 Å². The van der Waals surface area contributed by atoms with E-state index in [0.29, 0.717) is 43.8 Å². The van der Waals surface area contributed by atoms with Gasteiger partial charge in [-0.2, -0.15) is 5.26 Å². The zero-order valence-corrected chi connectivity index (χ0v) is 18.4. The maximum atomic E-state index is 13.8. The highest BCUT2D eigenvalue weighted by molar-refractivity contribution is 5.95. The third-order valence-electron chi connectivity index (χ3n) is 5.74. The van der Waals surface area contributed by atoms with Crippen molar-refractivity contribution in [3.8, 4) is 6.07 Å². The smallest absolute Gasteiger partial charge is 0.254 e. The summed E-state index contributed by atoms with van der Waals surface area (Å²) in [6, 6.07) is 10.7. The first-order valence-electron chi connectivity index (χ1n) is 10.6. The number of halogens is 1. The first-order valence-corrected chi connectivity index (χ1v) is 10.6. The largest absolute Gasteiger partial charge is 0.389 e. The molecule has 0 aliphatic carbocycles. The molecule has 1 aromatic heterocycles. The third kappa shape index (κ3) is 5.89. The highest BCUT2D eigenvalue weighted by Gasteiger charge is 2.34. The van der Waals surface area contributed by atoms with Crippen LogP contribution in [0.25, 0.3) is 0 Å². The molecule has 168 valence electrons. The number of pyridine rings is 1. The number of piperidine rings is 1. The van der Waals surface area contributed by atoms with Crippen LogP contribution in [0, 0.1) is 22.6 Å². The monoisotopic (exact) mass is 437 g/mol. The van der Waals surface area contributed by atoms with E-state index in [9.17, 15) is 14.3 Å². The fourth-order valence-electron chi connectivity index (χ4n) is 4.01. The zero-order chi connectivity index (χ0) is 23.4. The number of amides is 1. The van der Waals surface area contributed by atoms with E-state index >= 15 is 0 Å². The number of nitrogens with one attached hydrogen (secondary N) is 2. The average molecular weight is 438 g/mol. The Bertz CT molecular complexity index is 1040. The van der Waals surface area contributed by atoms with E-state index in [4.69, 9.17) is 10.7 Å². The van der Waals surface area contributed by atoms with Crippen LogP contribution in [0.1, 0.15) is 54.6 Å². The van der Waals surface area contributed by atoms with Crippen molar-refractivity contribution >= 4 is 11.7 Å². The number of aromatic nitrogens is 1. The van der Waals surface area contributed by atoms with Gasteiger partial charge in [0.15, 0.2) is 5.82 Å². The van der Waals surface area contributed by atoms with Gasteiger partial charge in [0.25, 0.3) is 5.91 Å². The fourth-order valence-corrected chi connectivity index (χ4v) is 4.01. The van der Waals surface area contributed by atoms with Gasteiger partial charge in [0.2, 0.25) is 0 Å². The number of aliphatic hydroxyl groups is 1. The van der Waals surface area contributed by atoms with Crippen LogP contribution in [-0.2, 0) is 6.42 Å². The van der Waals surface area contributed by atoms with E-state index in [0.717, 1.165) is 11.8 Å². The second kappa shape index (κ2) is 9.45. The van der Waals surface area contributed by atoms with Gasteiger partial charge in [-0.05, 0) is 50.5 Å². The van der Waals surface area contributed by atoms with Gasteiger partial charge in [-0.3, -0.25) is 15.2 Å². The SMILES string of the molecule is CC(C)(CC(=N)N1CCC(O)(Cc2cccc(C#N)c2)CC1)NC(=O)c1ccncc1F. The van der Waals surface area contributed by atoms with Crippen molar-refractivity contribution in [1.82, 2.24) is 15.2 Å². The van der Waals surface area contributed by atoms with Crippen LogP contribution in [0.5, 0.6) is 0 Å². The Morgan fingerprint density at radius 1 is 1.38 bits per heavy atom. The Hall–Kier alpha value is -3.31. The van der Waals surface area contributed by atoms with Crippen molar-refractivity contribution in [1.29, 1.82) is 10.7 Å². The number of carbonyl (C=O) groups is 1. The quantitative estimate of drug-likeness (QED) is 0.475. The molecule has 2 heterocycles. The molecule has 1 saturated heterocycles. The van der Waals surface area contributed by atoms with Crippen molar-refractivity contribution in [2.75, 3.05) is 13.1 Å². The average Bonchev–Trinajstić information content (AvgIpc) is 2.73. The predicted molar refractivity (Wildman–Crippen MR) is 119 cm³/mol. The number of carbonyl (C=O) groups excluding carboxylic acids is 1. The van der Waals surface area contributed by atoms with E-state index in [-0.39, 0.29) is 12.0 Å². The Kier molecular flexibility index (Phi) is 6.90. The Morgan fingerprint density at radius 3 is 2.75 bits per heavy atom. The molecule has 1 amide bonds. The topological polar surface area (TPSA) is 113 Å². The molecule has 0 saturated carbocycles. The Morgan fingerprint density at radius 2 is 2.09 bits per heavy atom. The van der Waals surface area contributed by atoms with Crippen LogP contribution in [0.15, 0.2) is 42.7 Å². The second-order valence-electron chi connectivity index (χ2n) is 9.02. The number of amidine groups is 1. The van der Waals surface area contributed by atoms with Crippen molar-refractivity contribution in [2.24, 2.45) is 0 Å².